The van der Waals surface area contributed by atoms with Gasteiger partial charge in [0.25, 0.3) is 0 Å². The van der Waals surface area contributed by atoms with Crippen LogP contribution in [0.2, 0.25) is 0 Å². The number of piperazine rings is 1. The van der Waals surface area contributed by atoms with Crippen LogP contribution in [-0.2, 0) is 0 Å². The Bertz CT molecular complexity index is 675. The zero-order valence-corrected chi connectivity index (χ0v) is 19.3. The molecule has 0 aromatic heterocycles. The van der Waals surface area contributed by atoms with Crippen molar-refractivity contribution < 1.29 is 10.4 Å². The van der Waals surface area contributed by atoms with Crippen LogP contribution in [0.15, 0.2) is 34.6 Å². The van der Waals surface area contributed by atoms with E-state index in [2.05, 4.69) is 61.0 Å². The summed E-state index contributed by atoms with van der Waals surface area (Å²) < 4.78 is 0. The first kappa shape index (κ1) is 23.0. The van der Waals surface area contributed by atoms with Crippen molar-refractivity contribution in [3.8, 4) is 0 Å². The van der Waals surface area contributed by atoms with Crippen molar-refractivity contribution >= 4 is 11.4 Å². The number of rotatable bonds is 4. The van der Waals surface area contributed by atoms with Crippen molar-refractivity contribution in [3.05, 3.63) is 24.3 Å². The van der Waals surface area contributed by atoms with E-state index in [-0.39, 0.29) is 11.1 Å². The lowest BCUT2D eigenvalue weighted by atomic mass is 9.72. The van der Waals surface area contributed by atoms with Crippen molar-refractivity contribution in [2.45, 2.75) is 77.3 Å². The summed E-state index contributed by atoms with van der Waals surface area (Å²) in [5.41, 5.74) is 3.74. The van der Waals surface area contributed by atoms with E-state index in [0.717, 1.165) is 76.1 Å². The molecule has 6 nitrogen and oxygen atoms in total. The van der Waals surface area contributed by atoms with E-state index in [1.807, 2.05) is 0 Å². The number of allylic oxidation sites excluding steroid dienone is 2. The number of nitrogens with zero attached hydrogens (tertiary/aromatic N) is 4. The summed E-state index contributed by atoms with van der Waals surface area (Å²) in [6, 6.07) is 0. The van der Waals surface area contributed by atoms with Gasteiger partial charge in [0.05, 0.1) is 22.5 Å². The lowest BCUT2D eigenvalue weighted by Crippen LogP contribution is -2.65. The summed E-state index contributed by atoms with van der Waals surface area (Å²) in [4.78, 5) is 4.98. The summed E-state index contributed by atoms with van der Waals surface area (Å²) in [5, 5.41) is 27.0. The maximum atomic E-state index is 9.76. The van der Waals surface area contributed by atoms with Crippen molar-refractivity contribution in [2.75, 3.05) is 26.2 Å². The zero-order chi connectivity index (χ0) is 22.1. The molecule has 2 saturated carbocycles. The molecule has 4 atom stereocenters. The summed E-state index contributed by atoms with van der Waals surface area (Å²) in [6.07, 6.45) is 5.75. The fourth-order valence-electron chi connectivity index (χ4n) is 5.82. The molecule has 0 spiro atoms. The van der Waals surface area contributed by atoms with Crippen molar-refractivity contribution in [1.29, 1.82) is 0 Å². The van der Waals surface area contributed by atoms with E-state index < -0.39 is 0 Å². The van der Waals surface area contributed by atoms with E-state index in [0.29, 0.717) is 11.8 Å². The Morgan fingerprint density at radius 2 is 1.13 bits per heavy atom. The van der Waals surface area contributed by atoms with Crippen molar-refractivity contribution in [3.63, 3.8) is 0 Å². The molecule has 0 amide bonds. The van der Waals surface area contributed by atoms with Gasteiger partial charge in [-0.25, -0.2) is 0 Å². The van der Waals surface area contributed by atoms with Crippen LogP contribution in [0, 0.1) is 11.8 Å². The normalized spacial score (nSPS) is 39.3. The molecule has 6 heteroatoms. The Morgan fingerprint density at radius 1 is 0.800 bits per heavy atom. The first-order chi connectivity index (χ1) is 14.2. The third kappa shape index (κ3) is 4.09. The molecule has 2 N–H and O–H groups in total. The molecule has 0 unspecified atom stereocenters. The maximum Gasteiger partial charge on any atom is 0.0776 e. The average Bonchev–Trinajstić information content (AvgIpc) is 2.74. The maximum absolute atomic E-state index is 9.76. The first-order valence-corrected chi connectivity index (χ1v) is 11.4. The van der Waals surface area contributed by atoms with Crippen LogP contribution in [0.3, 0.4) is 0 Å². The molecule has 1 saturated heterocycles. The minimum Gasteiger partial charge on any atom is -0.411 e. The summed E-state index contributed by atoms with van der Waals surface area (Å²) in [7, 11) is 0. The lowest BCUT2D eigenvalue weighted by Gasteiger charge is -2.53. The molecule has 1 aliphatic heterocycles. The highest BCUT2D eigenvalue weighted by molar-refractivity contribution is 5.94. The van der Waals surface area contributed by atoms with Crippen molar-refractivity contribution in [2.24, 2.45) is 22.1 Å². The topological polar surface area (TPSA) is 71.7 Å². The quantitative estimate of drug-likeness (QED) is 0.401. The molecule has 0 aromatic carbocycles. The molecular formula is C24H40N4O2. The smallest absolute Gasteiger partial charge is 0.0776 e. The van der Waals surface area contributed by atoms with Gasteiger partial charge < -0.3 is 10.4 Å². The van der Waals surface area contributed by atoms with Gasteiger partial charge in [-0.05, 0) is 78.1 Å². The minimum atomic E-state index is -0.195. The van der Waals surface area contributed by atoms with Crippen LogP contribution >= 0.6 is 0 Å². The highest BCUT2D eigenvalue weighted by atomic mass is 16.4. The lowest BCUT2D eigenvalue weighted by molar-refractivity contribution is 0.0231. The van der Waals surface area contributed by atoms with E-state index in [1.165, 1.54) is 11.1 Å². The molecule has 1 heterocycles. The number of hydrogen-bond donors (Lipinski definition) is 2. The second-order valence-corrected chi connectivity index (χ2v) is 10.2. The Morgan fingerprint density at radius 3 is 1.40 bits per heavy atom. The van der Waals surface area contributed by atoms with Crippen LogP contribution in [0.1, 0.15) is 66.2 Å². The molecular weight excluding hydrogens is 376 g/mol. The van der Waals surface area contributed by atoms with Crippen LogP contribution < -0.4 is 0 Å². The molecule has 3 rings (SSSR count). The predicted molar refractivity (Wildman–Crippen MR) is 123 cm³/mol. The zero-order valence-electron chi connectivity index (χ0n) is 19.3. The fourth-order valence-corrected chi connectivity index (χ4v) is 5.82. The van der Waals surface area contributed by atoms with Gasteiger partial charge in [-0.3, -0.25) is 9.80 Å². The molecule has 0 aromatic rings. The summed E-state index contributed by atoms with van der Waals surface area (Å²) >= 11 is 0. The Labute approximate surface area is 182 Å². The standard InChI is InChI=1S/C24H40N4O2/c1-17(2)19-7-9-23(5,21(15-19)25-29)27-11-13-28(14-12-27)24(6)10-8-20(18(3)4)16-22(24)26-30/h19-20,29-30H,1,3,7-16H2,2,4-6H3/b25-21+,26-22+/t19-,20-,23+,24+/m1/s1. The Balaban J connectivity index is 1.68. The van der Waals surface area contributed by atoms with Crippen LogP contribution in [-0.4, -0.2) is 68.9 Å². The van der Waals surface area contributed by atoms with Gasteiger partial charge in [0.1, 0.15) is 0 Å². The SMILES string of the molecule is C=C(C)[C@@H]1CC[C@](C)(N2CCN([C@@]3(C)CC[C@@H](C(=C)C)C/C3=N\O)CC2)/C(=N/O)C1. The second kappa shape index (κ2) is 8.83. The van der Waals surface area contributed by atoms with Crippen molar-refractivity contribution in [1.82, 2.24) is 9.80 Å². The fraction of sp³-hybridized carbons (Fsp3) is 0.750. The molecule has 30 heavy (non-hydrogen) atoms. The highest BCUT2D eigenvalue weighted by Crippen LogP contribution is 2.40. The molecule has 3 fully saturated rings. The second-order valence-electron chi connectivity index (χ2n) is 10.2. The van der Waals surface area contributed by atoms with Crippen LogP contribution in [0.5, 0.6) is 0 Å². The van der Waals surface area contributed by atoms with E-state index in [1.54, 1.807) is 0 Å². The van der Waals surface area contributed by atoms with Gasteiger partial charge in [0, 0.05) is 26.2 Å². The first-order valence-electron chi connectivity index (χ1n) is 11.4. The number of hydrogen-bond acceptors (Lipinski definition) is 6. The third-order valence-electron chi connectivity index (χ3n) is 8.39. The Hall–Kier alpha value is -1.66. The summed E-state index contributed by atoms with van der Waals surface area (Å²) in [5.74, 6) is 0.826. The van der Waals surface area contributed by atoms with E-state index in [4.69, 9.17) is 0 Å². The molecule has 2 aliphatic carbocycles. The van der Waals surface area contributed by atoms with Crippen LogP contribution in [0.25, 0.3) is 0 Å². The van der Waals surface area contributed by atoms with E-state index in [9.17, 15) is 10.4 Å². The summed E-state index contributed by atoms with van der Waals surface area (Å²) in [6.45, 7) is 20.5. The number of oxime groups is 2. The van der Waals surface area contributed by atoms with Gasteiger partial charge in [0.2, 0.25) is 0 Å². The average molecular weight is 417 g/mol. The Kier molecular flexibility index (Phi) is 6.78. The molecule has 0 radical (unpaired) electrons. The predicted octanol–water partition coefficient (Wildman–Crippen LogP) is 4.53. The van der Waals surface area contributed by atoms with Gasteiger partial charge in [-0.1, -0.05) is 34.6 Å². The van der Waals surface area contributed by atoms with E-state index >= 15 is 0 Å². The molecule has 0 bridgehead atoms. The van der Waals surface area contributed by atoms with Crippen LogP contribution in [0.4, 0.5) is 0 Å². The molecule has 168 valence electrons. The third-order valence-corrected chi connectivity index (χ3v) is 8.39. The van der Waals surface area contributed by atoms with Gasteiger partial charge in [-0.15, -0.1) is 0 Å². The molecule has 3 aliphatic rings. The highest BCUT2D eigenvalue weighted by Gasteiger charge is 2.47. The largest absolute Gasteiger partial charge is 0.411 e. The minimum absolute atomic E-state index is 0.195. The van der Waals surface area contributed by atoms with Gasteiger partial charge in [0.15, 0.2) is 0 Å². The van der Waals surface area contributed by atoms with Gasteiger partial charge >= 0.3 is 0 Å². The van der Waals surface area contributed by atoms with Gasteiger partial charge in [-0.2, -0.15) is 0 Å². The monoisotopic (exact) mass is 416 g/mol.